The average Bonchev–Trinajstić information content (AvgIpc) is 2.79. The maximum atomic E-state index is 13.2. The molecule has 1 aliphatic rings. The summed E-state index contributed by atoms with van der Waals surface area (Å²) in [7, 11) is -3.55. The summed E-state index contributed by atoms with van der Waals surface area (Å²) < 4.78 is 26.8. The molecule has 8 nitrogen and oxygen atoms in total. The van der Waals surface area contributed by atoms with Crippen LogP contribution in [0, 0.1) is 0 Å². The second kappa shape index (κ2) is 9.89. The Hall–Kier alpha value is -1.69. The number of hydrogen-bond acceptors (Lipinski definition) is 7. The first-order chi connectivity index (χ1) is 15.7. The Morgan fingerprint density at radius 3 is 2.64 bits per heavy atom. The summed E-state index contributed by atoms with van der Waals surface area (Å²) in [6, 6.07) is 6.07. The van der Waals surface area contributed by atoms with Crippen molar-refractivity contribution in [1.82, 2.24) is 19.9 Å². The normalized spacial score (nSPS) is 15.2. The first kappa shape index (κ1) is 24.4. The van der Waals surface area contributed by atoms with Crippen molar-refractivity contribution in [2.45, 2.75) is 18.4 Å². The van der Waals surface area contributed by atoms with Gasteiger partial charge in [-0.2, -0.15) is 0 Å². The first-order valence-electron chi connectivity index (χ1n) is 10.3. The maximum absolute atomic E-state index is 13.2. The van der Waals surface area contributed by atoms with Crippen LogP contribution in [0.25, 0.3) is 10.9 Å². The molecule has 2 aromatic carbocycles. The molecule has 0 aliphatic carbocycles. The monoisotopic (exact) mass is 573 g/mol. The van der Waals surface area contributed by atoms with E-state index in [1.807, 2.05) is 0 Å². The van der Waals surface area contributed by atoms with Crippen LogP contribution in [0.5, 0.6) is 0 Å². The predicted octanol–water partition coefficient (Wildman–Crippen LogP) is 3.54. The number of sulfone groups is 1. The van der Waals surface area contributed by atoms with E-state index in [0.29, 0.717) is 32.0 Å². The van der Waals surface area contributed by atoms with Gasteiger partial charge in [0.1, 0.15) is 6.33 Å². The van der Waals surface area contributed by atoms with Crippen LogP contribution in [0.1, 0.15) is 12.5 Å². The standard InChI is InChI=1S/C21H22BrCl2N5O3S/c1-2-33(31,32)18-4-3-13(23)9-17(18)27-29-12-26-20-14(21(29)30)10-16(22)15(19(20)24)11-28-7-5-25-6-8-28/h3-4,9-10,12,25,27H,2,5-8,11H2,1H3. The third-order valence-electron chi connectivity index (χ3n) is 5.53. The van der Waals surface area contributed by atoms with Gasteiger partial charge in [-0.15, -0.1) is 0 Å². The van der Waals surface area contributed by atoms with Gasteiger partial charge in [0.25, 0.3) is 5.56 Å². The summed E-state index contributed by atoms with van der Waals surface area (Å²) in [5.74, 6) is -0.0907. The van der Waals surface area contributed by atoms with E-state index >= 15 is 0 Å². The lowest BCUT2D eigenvalue weighted by Gasteiger charge is -2.28. The molecule has 0 radical (unpaired) electrons. The number of fused-ring (bicyclic) bond motifs is 1. The van der Waals surface area contributed by atoms with Crippen LogP contribution in [0.4, 0.5) is 5.69 Å². The van der Waals surface area contributed by atoms with Gasteiger partial charge in [-0.1, -0.05) is 46.1 Å². The van der Waals surface area contributed by atoms with Crippen molar-refractivity contribution in [3.63, 3.8) is 0 Å². The number of halogens is 3. The fourth-order valence-electron chi connectivity index (χ4n) is 3.70. The lowest BCUT2D eigenvalue weighted by atomic mass is 10.1. The van der Waals surface area contributed by atoms with E-state index in [9.17, 15) is 13.2 Å². The smallest absolute Gasteiger partial charge is 0.280 e. The minimum Gasteiger partial charge on any atom is -0.314 e. The summed E-state index contributed by atoms with van der Waals surface area (Å²) in [5.41, 5.74) is 3.87. The van der Waals surface area contributed by atoms with Crippen LogP contribution in [0.2, 0.25) is 10.0 Å². The molecule has 0 atom stereocenters. The zero-order valence-corrected chi connectivity index (χ0v) is 21.7. The van der Waals surface area contributed by atoms with Crippen molar-refractivity contribution in [3.8, 4) is 0 Å². The third-order valence-corrected chi connectivity index (χ3v) is 8.66. The molecule has 0 bridgehead atoms. The quantitative estimate of drug-likeness (QED) is 0.465. The largest absolute Gasteiger partial charge is 0.314 e. The second-order valence-electron chi connectivity index (χ2n) is 7.65. The van der Waals surface area contributed by atoms with Crippen LogP contribution in [0.15, 0.2) is 44.8 Å². The number of benzene rings is 2. The molecule has 0 unspecified atom stereocenters. The maximum Gasteiger partial charge on any atom is 0.280 e. The first-order valence-corrected chi connectivity index (χ1v) is 13.5. The number of rotatable bonds is 6. The molecule has 0 spiro atoms. The molecule has 2 N–H and O–H groups in total. The van der Waals surface area contributed by atoms with Crippen LogP contribution in [-0.2, 0) is 16.4 Å². The van der Waals surface area contributed by atoms with Gasteiger partial charge in [0.05, 0.1) is 32.3 Å². The molecular formula is C21H22BrCl2N5O3S. The van der Waals surface area contributed by atoms with Gasteiger partial charge < -0.3 is 5.32 Å². The molecule has 33 heavy (non-hydrogen) atoms. The van der Waals surface area contributed by atoms with Crippen molar-refractivity contribution in [3.05, 3.63) is 61.0 Å². The van der Waals surface area contributed by atoms with E-state index in [-0.39, 0.29) is 16.3 Å². The number of anilines is 1. The average molecular weight is 575 g/mol. The molecule has 0 amide bonds. The molecular weight excluding hydrogens is 553 g/mol. The summed E-state index contributed by atoms with van der Waals surface area (Å²) >= 11 is 16.3. The van der Waals surface area contributed by atoms with E-state index in [0.717, 1.165) is 36.4 Å². The predicted molar refractivity (Wildman–Crippen MR) is 135 cm³/mol. The molecule has 0 saturated carbocycles. The second-order valence-corrected chi connectivity index (χ2v) is 11.6. The Labute approximate surface area is 209 Å². The Kier molecular flexibility index (Phi) is 7.32. The van der Waals surface area contributed by atoms with Crippen LogP contribution in [-0.4, -0.2) is 54.9 Å². The van der Waals surface area contributed by atoms with E-state index < -0.39 is 15.4 Å². The minimum absolute atomic E-state index is 0.0481. The molecule has 176 valence electrons. The van der Waals surface area contributed by atoms with E-state index in [1.54, 1.807) is 13.0 Å². The molecule has 3 aromatic rings. The van der Waals surface area contributed by atoms with Crippen molar-refractivity contribution in [1.29, 1.82) is 0 Å². The van der Waals surface area contributed by atoms with Gasteiger partial charge in [-0.25, -0.2) is 18.1 Å². The Bertz CT molecular complexity index is 1370. The zero-order chi connectivity index (χ0) is 23.8. The van der Waals surface area contributed by atoms with Gasteiger partial charge in [-0.05, 0) is 24.3 Å². The highest BCUT2D eigenvalue weighted by Crippen LogP contribution is 2.32. The Morgan fingerprint density at radius 1 is 1.21 bits per heavy atom. The Morgan fingerprint density at radius 2 is 1.94 bits per heavy atom. The number of piperazine rings is 1. The van der Waals surface area contributed by atoms with Crippen molar-refractivity contribution in [2.24, 2.45) is 0 Å². The fraction of sp³-hybridized carbons (Fsp3) is 0.333. The SMILES string of the molecule is CCS(=O)(=O)c1ccc(Cl)cc1Nn1cnc2c(Cl)c(CN3CCNCC3)c(Br)cc2c1=O. The molecule has 4 rings (SSSR count). The fourth-order valence-corrected chi connectivity index (χ4v) is 5.88. The zero-order valence-electron chi connectivity index (χ0n) is 17.7. The topological polar surface area (TPSA) is 96.3 Å². The lowest BCUT2D eigenvalue weighted by Crippen LogP contribution is -2.43. The summed E-state index contributed by atoms with van der Waals surface area (Å²) in [6.45, 7) is 5.83. The number of nitrogens with one attached hydrogen (secondary N) is 2. The van der Waals surface area contributed by atoms with Crippen molar-refractivity contribution >= 4 is 65.6 Å². The van der Waals surface area contributed by atoms with Gasteiger partial charge in [0.15, 0.2) is 9.84 Å². The molecule has 1 fully saturated rings. The van der Waals surface area contributed by atoms with Crippen molar-refractivity contribution in [2.75, 3.05) is 37.4 Å². The highest BCUT2D eigenvalue weighted by atomic mass is 79.9. The van der Waals surface area contributed by atoms with Crippen LogP contribution < -0.4 is 16.3 Å². The Balaban J connectivity index is 1.75. The lowest BCUT2D eigenvalue weighted by molar-refractivity contribution is 0.233. The molecule has 2 heterocycles. The van der Waals surface area contributed by atoms with Crippen LogP contribution in [0.3, 0.4) is 0 Å². The number of aromatic nitrogens is 2. The molecule has 1 aromatic heterocycles. The van der Waals surface area contributed by atoms with Crippen LogP contribution >= 0.6 is 39.1 Å². The number of hydrogen-bond donors (Lipinski definition) is 2. The van der Waals surface area contributed by atoms with E-state index in [4.69, 9.17) is 23.2 Å². The van der Waals surface area contributed by atoms with Gasteiger partial charge in [0.2, 0.25) is 0 Å². The summed E-state index contributed by atoms with van der Waals surface area (Å²) in [6.07, 6.45) is 1.29. The van der Waals surface area contributed by atoms with Crippen molar-refractivity contribution < 1.29 is 8.42 Å². The van der Waals surface area contributed by atoms with Gasteiger partial charge in [-0.3, -0.25) is 15.1 Å². The molecule has 12 heteroatoms. The third kappa shape index (κ3) is 5.06. The van der Waals surface area contributed by atoms with E-state index in [2.05, 4.69) is 36.6 Å². The molecule has 1 aliphatic heterocycles. The highest BCUT2D eigenvalue weighted by molar-refractivity contribution is 9.10. The minimum atomic E-state index is -3.55. The highest BCUT2D eigenvalue weighted by Gasteiger charge is 2.20. The summed E-state index contributed by atoms with van der Waals surface area (Å²) in [5, 5.41) is 4.36. The van der Waals surface area contributed by atoms with Gasteiger partial charge in [0, 0.05) is 47.8 Å². The number of nitrogens with zero attached hydrogens (tertiary/aromatic N) is 3. The summed E-state index contributed by atoms with van der Waals surface area (Å²) in [4.78, 5) is 20.0. The van der Waals surface area contributed by atoms with E-state index in [1.165, 1.54) is 24.5 Å². The van der Waals surface area contributed by atoms with Gasteiger partial charge >= 0.3 is 0 Å². The molecule has 1 saturated heterocycles.